The molecular weight excluding hydrogens is 436 g/mol. The van der Waals surface area contributed by atoms with Crippen molar-refractivity contribution in [3.63, 3.8) is 0 Å². The standard InChI is InChI=1S/C26H26N2O6/c29-23(25(32)16-9-10-17(28-14-16)13-24(30)31)11-12-27-26(33)34-15-22-20-7-3-1-5-18(20)19-6-2-4-8-21(19)22/h1-10,14,22-23,25,29,32H,11-13,15H2,(H,27,33)(H,30,31). The smallest absolute Gasteiger partial charge is 0.407 e. The Bertz CT molecular complexity index is 1120. The van der Waals surface area contributed by atoms with Gasteiger partial charge in [-0.3, -0.25) is 9.78 Å². The summed E-state index contributed by atoms with van der Waals surface area (Å²) < 4.78 is 5.46. The van der Waals surface area contributed by atoms with Crippen LogP contribution in [0.3, 0.4) is 0 Å². The van der Waals surface area contributed by atoms with E-state index in [1.807, 2.05) is 36.4 Å². The fraction of sp³-hybridized carbons (Fsp3) is 0.269. The normalized spacial score (nSPS) is 14.1. The number of rotatable bonds is 9. The minimum absolute atomic E-state index is 0.0397. The minimum atomic E-state index is -1.21. The number of carboxylic acids is 1. The highest BCUT2D eigenvalue weighted by Crippen LogP contribution is 2.44. The maximum absolute atomic E-state index is 12.2. The number of ether oxygens (including phenoxy) is 1. The molecule has 34 heavy (non-hydrogen) atoms. The zero-order valence-electron chi connectivity index (χ0n) is 18.4. The predicted molar refractivity (Wildman–Crippen MR) is 124 cm³/mol. The van der Waals surface area contributed by atoms with Crippen molar-refractivity contribution in [1.82, 2.24) is 10.3 Å². The van der Waals surface area contributed by atoms with Gasteiger partial charge in [0.2, 0.25) is 0 Å². The quantitative estimate of drug-likeness (QED) is 0.385. The highest BCUT2D eigenvalue weighted by Gasteiger charge is 2.29. The van der Waals surface area contributed by atoms with Crippen molar-refractivity contribution in [2.75, 3.05) is 13.2 Å². The van der Waals surface area contributed by atoms with Crippen LogP contribution in [-0.2, 0) is 16.0 Å². The van der Waals surface area contributed by atoms with Crippen LogP contribution in [0.5, 0.6) is 0 Å². The molecule has 0 spiro atoms. The Morgan fingerprint density at radius 2 is 1.62 bits per heavy atom. The number of amides is 1. The molecule has 1 heterocycles. The van der Waals surface area contributed by atoms with Gasteiger partial charge in [-0.25, -0.2) is 4.79 Å². The van der Waals surface area contributed by atoms with Crippen LogP contribution in [0.1, 0.15) is 40.8 Å². The molecule has 0 saturated carbocycles. The lowest BCUT2D eigenvalue weighted by molar-refractivity contribution is -0.136. The Morgan fingerprint density at radius 1 is 0.971 bits per heavy atom. The van der Waals surface area contributed by atoms with Crippen molar-refractivity contribution in [3.05, 3.63) is 89.2 Å². The molecule has 1 amide bonds. The largest absolute Gasteiger partial charge is 0.481 e. The monoisotopic (exact) mass is 462 g/mol. The Balaban J connectivity index is 1.25. The van der Waals surface area contributed by atoms with Gasteiger partial charge >= 0.3 is 12.1 Å². The average molecular weight is 463 g/mol. The molecule has 1 aliphatic carbocycles. The van der Waals surface area contributed by atoms with Crippen LogP contribution >= 0.6 is 0 Å². The van der Waals surface area contributed by atoms with E-state index in [9.17, 15) is 19.8 Å². The fourth-order valence-electron chi connectivity index (χ4n) is 4.22. The van der Waals surface area contributed by atoms with Crippen molar-refractivity contribution in [3.8, 4) is 11.1 Å². The summed E-state index contributed by atoms with van der Waals surface area (Å²) in [5, 5.41) is 32.0. The number of aliphatic carboxylic acids is 1. The number of pyridine rings is 1. The molecule has 4 rings (SSSR count). The van der Waals surface area contributed by atoms with Gasteiger partial charge in [0.1, 0.15) is 12.7 Å². The number of nitrogens with one attached hydrogen (secondary N) is 1. The summed E-state index contributed by atoms with van der Waals surface area (Å²) in [5.41, 5.74) is 5.26. The van der Waals surface area contributed by atoms with E-state index in [1.54, 1.807) is 0 Å². The summed E-state index contributed by atoms with van der Waals surface area (Å²) in [4.78, 5) is 26.9. The average Bonchev–Trinajstić information content (AvgIpc) is 3.16. The van der Waals surface area contributed by atoms with Crippen LogP contribution in [0.25, 0.3) is 11.1 Å². The highest BCUT2D eigenvalue weighted by molar-refractivity contribution is 5.79. The van der Waals surface area contributed by atoms with Crippen LogP contribution in [0.2, 0.25) is 0 Å². The van der Waals surface area contributed by atoms with E-state index in [-0.39, 0.29) is 31.9 Å². The Morgan fingerprint density at radius 3 is 2.21 bits per heavy atom. The number of nitrogens with zero attached hydrogens (tertiary/aromatic N) is 1. The molecule has 3 aromatic rings. The van der Waals surface area contributed by atoms with E-state index in [0.717, 1.165) is 22.3 Å². The number of carbonyl (C=O) groups is 2. The molecule has 8 heteroatoms. The van der Waals surface area contributed by atoms with Crippen molar-refractivity contribution < 1.29 is 29.6 Å². The van der Waals surface area contributed by atoms with Crippen molar-refractivity contribution in [1.29, 1.82) is 0 Å². The number of fused-ring (bicyclic) bond motifs is 3. The first-order valence-corrected chi connectivity index (χ1v) is 11.1. The van der Waals surface area contributed by atoms with Gasteiger partial charge in [-0.2, -0.15) is 0 Å². The molecule has 8 nitrogen and oxygen atoms in total. The summed E-state index contributed by atoms with van der Waals surface area (Å²) in [6.07, 6.45) is -1.73. The molecule has 176 valence electrons. The molecule has 2 atom stereocenters. The van der Waals surface area contributed by atoms with Gasteiger partial charge in [-0.15, -0.1) is 0 Å². The number of carboxylic acid groups (broad SMARTS) is 1. The Labute approximate surface area is 196 Å². The number of aromatic nitrogens is 1. The molecule has 2 aromatic carbocycles. The van der Waals surface area contributed by atoms with E-state index in [2.05, 4.69) is 22.4 Å². The van der Waals surface area contributed by atoms with Gasteiger partial charge in [0.25, 0.3) is 0 Å². The second kappa shape index (κ2) is 10.5. The maximum atomic E-state index is 12.2. The lowest BCUT2D eigenvalue weighted by Crippen LogP contribution is -2.30. The highest BCUT2D eigenvalue weighted by atomic mass is 16.5. The number of benzene rings is 2. The molecule has 0 bridgehead atoms. The van der Waals surface area contributed by atoms with Crippen molar-refractivity contribution in [2.45, 2.75) is 31.0 Å². The van der Waals surface area contributed by atoms with Crippen LogP contribution < -0.4 is 5.32 Å². The van der Waals surface area contributed by atoms with Crippen LogP contribution in [0, 0.1) is 0 Å². The van der Waals surface area contributed by atoms with Gasteiger partial charge < -0.3 is 25.4 Å². The summed E-state index contributed by atoms with van der Waals surface area (Å²) in [6.45, 7) is 0.304. The molecular formula is C26H26N2O6. The molecule has 0 fully saturated rings. The molecule has 1 aliphatic rings. The second-order valence-electron chi connectivity index (χ2n) is 8.21. The number of hydrogen-bond donors (Lipinski definition) is 4. The lowest BCUT2D eigenvalue weighted by atomic mass is 9.98. The maximum Gasteiger partial charge on any atom is 0.407 e. The SMILES string of the molecule is O=C(O)Cc1ccc(C(O)C(O)CCNC(=O)OCC2c3ccccc3-c3ccccc32)cn1. The number of carbonyl (C=O) groups excluding carboxylic acids is 1. The predicted octanol–water partition coefficient (Wildman–Crippen LogP) is 3.03. The molecule has 2 unspecified atom stereocenters. The third-order valence-corrected chi connectivity index (χ3v) is 5.94. The first-order valence-electron chi connectivity index (χ1n) is 11.1. The number of alkyl carbamates (subject to hydrolysis) is 1. The molecule has 0 saturated heterocycles. The van der Waals surface area contributed by atoms with Crippen LogP contribution in [0.15, 0.2) is 66.9 Å². The Hall–Kier alpha value is -3.75. The van der Waals surface area contributed by atoms with Gasteiger partial charge in [0, 0.05) is 24.2 Å². The third kappa shape index (κ3) is 5.24. The molecule has 0 aliphatic heterocycles. The fourth-order valence-corrected chi connectivity index (χ4v) is 4.22. The summed E-state index contributed by atoms with van der Waals surface area (Å²) in [5.74, 6) is -1.04. The first kappa shape index (κ1) is 23.4. The number of hydrogen-bond acceptors (Lipinski definition) is 6. The summed E-state index contributed by atoms with van der Waals surface area (Å²) in [6, 6.07) is 19.2. The lowest BCUT2D eigenvalue weighted by Gasteiger charge is -2.19. The first-order chi connectivity index (χ1) is 16.4. The van der Waals surface area contributed by atoms with Crippen LogP contribution in [-0.4, -0.2) is 51.6 Å². The molecule has 4 N–H and O–H groups in total. The zero-order valence-corrected chi connectivity index (χ0v) is 18.4. The number of aliphatic hydroxyl groups excluding tert-OH is 2. The van der Waals surface area contributed by atoms with E-state index >= 15 is 0 Å². The van der Waals surface area contributed by atoms with Gasteiger partial charge in [-0.05, 0) is 34.7 Å². The van der Waals surface area contributed by atoms with E-state index in [0.29, 0.717) is 11.3 Å². The van der Waals surface area contributed by atoms with E-state index in [1.165, 1.54) is 18.3 Å². The van der Waals surface area contributed by atoms with Gasteiger partial charge in [0.05, 0.1) is 18.2 Å². The topological polar surface area (TPSA) is 129 Å². The van der Waals surface area contributed by atoms with E-state index in [4.69, 9.17) is 9.84 Å². The number of aliphatic hydroxyl groups is 2. The third-order valence-electron chi connectivity index (χ3n) is 5.94. The summed E-state index contributed by atoms with van der Waals surface area (Å²) in [7, 11) is 0. The zero-order chi connectivity index (χ0) is 24.1. The Kier molecular flexibility index (Phi) is 7.20. The second-order valence-corrected chi connectivity index (χ2v) is 8.21. The molecule has 0 radical (unpaired) electrons. The molecule has 1 aromatic heterocycles. The van der Waals surface area contributed by atoms with E-state index < -0.39 is 24.3 Å². The van der Waals surface area contributed by atoms with Gasteiger partial charge in [0.15, 0.2) is 0 Å². The van der Waals surface area contributed by atoms with Crippen LogP contribution in [0.4, 0.5) is 4.79 Å². The van der Waals surface area contributed by atoms with Crippen molar-refractivity contribution >= 4 is 12.1 Å². The minimum Gasteiger partial charge on any atom is -0.481 e. The van der Waals surface area contributed by atoms with Gasteiger partial charge in [-0.1, -0.05) is 54.6 Å². The van der Waals surface area contributed by atoms with Crippen molar-refractivity contribution in [2.24, 2.45) is 0 Å². The summed E-state index contributed by atoms with van der Waals surface area (Å²) >= 11 is 0.